The Balaban J connectivity index is 2.60. The number of carbonyl (C=O) groups excluding carboxylic acids is 1. The molecule has 0 aromatic heterocycles. The molecule has 22 heavy (non-hydrogen) atoms. The molecule has 0 N–H and O–H groups in total. The number of hydrogen-bond donors (Lipinski definition) is 0. The van der Waals surface area contributed by atoms with Gasteiger partial charge in [-0.15, -0.1) is 22.9 Å². The van der Waals surface area contributed by atoms with Crippen LogP contribution < -0.4 is 0 Å². The fourth-order valence-corrected chi connectivity index (χ4v) is 4.17. The lowest BCUT2D eigenvalue weighted by Crippen LogP contribution is -2.19. The predicted molar refractivity (Wildman–Crippen MR) is 102 cm³/mol. The van der Waals surface area contributed by atoms with E-state index in [1.807, 2.05) is 0 Å². The van der Waals surface area contributed by atoms with E-state index in [0.29, 0.717) is 5.78 Å². The van der Waals surface area contributed by atoms with Gasteiger partial charge in [-0.25, -0.2) is 0 Å². The maximum atomic E-state index is 11.8. The summed E-state index contributed by atoms with van der Waals surface area (Å²) >= 11 is 0. The van der Waals surface area contributed by atoms with Crippen molar-refractivity contribution in [3.63, 3.8) is 0 Å². The number of rotatable bonds is 4. The van der Waals surface area contributed by atoms with E-state index in [0.717, 1.165) is 44.9 Å². The van der Waals surface area contributed by atoms with Crippen molar-refractivity contribution < 1.29 is 4.79 Å². The van der Waals surface area contributed by atoms with E-state index in [1.165, 1.54) is 0 Å². The number of ketones is 1. The standard InChI is InChI=1S/C19H32OSi2/c1-21(2,3)15-9-7-12-19(14-11-18(20)17-19)13-8-10-16-22(4,5)6/h7-8,11-14,17H2,1-6H3. The third kappa shape index (κ3) is 8.01. The average Bonchev–Trinajstić information content (AvgIpc) is 2.71. The molecule has 1 aliphatic carbocycles. The summed E-state index contributed by atoms with van der Waals surface area (Å²) in [6, 6.07) is 0. The normalized spacial score (nSPS) is 17.5. The van der Waals surface area contributed by atoms with Crippen molar-refractivity contribution in [1.29, 1.82) is 0 Å². The second-order valence-electron chi connectivity index (χ2n) is 8.82. The van der Waals surface area contributed by atoms with Crippen molar-refractivity contribution >= 4 is 21.9 Å². The number of Topliss-reactive ketones (excluding diaryl/α,β-unsaturated/α-hetero) is 1. The van der Waals surface area contributed by atoms with E-state index < -0.39 is 16.1 Å². The van der Waals surface area contributed by atoms with Crippen LogP contribution in [0.2, 0.25) is 39.3 Å². The van der Waals surface area contributed by atoms with Gasteiger partial charge < -0.3 is 0 Å². The third-order valence-corrected chi connectivity index (χ3v) is 5.85. The van der Waals surface area contributed by atoms with Gasteiger partial charge in [-0.3, -0.25) is 4.79 Å². The van der Waals surface area contributed by atoms with Crippen molar-refractivity contribution in [2.75, 3.05) is 0 Å². The van der Waals surface area contributed by atoms with Crippen LogP contribution in [0.25, 0.3) is 0 Å². The van der Waals surface area contributed by atoms with Gasteiger partial charge in [-0.05, 0) is 24.7 Å². The van der Waals surface area contributed by atoms with Crippen molar-refractivity contribution in [1.82, 2.24) is 0 Å². The van der Waals surface area contributed by atoms with Gasteiger partial charge in [-0.2, -0.15) is 0 Å². The smallest absolute Gasteiger partial charge is 0.133 e. The average molecular weight is 333 g/mol. The molecule has 0 aliphatic heterocycles. The molecule has 0 unspecified atom stereocenters. The first-order valence-corrected chi connectivity index (χ1v) is 15.5. The van der Waals surface area contributed by atoms with Crippen molar-refractivity contribution in [2.45, 2.75) is 84.2 Å². The van der Waals surface area contributed by atoms with Gasteiger partial charge in [0.2, 0.25) is 0 Å². The Morgan fingerprint density at radius 1 is 0.909 bits per heavy atom. The second kappa shape index (κ2) is 7.67. The third-order valence-electron chi connectivity index (χ3n) is 3.99. The summed E-state index contributed by atoms with van der Waals surface area (Å²) in [5, 5.41) is 0. The molecule has 0 heterocycles. The zero-order valence-electron chi connectivity index (χ0n) is 15.4. The predicted octanol–water partition coefficient (Wildman–Crippen LogP) is 5.05. The highest BCUT2D eigenvalue weighted by molar-refractivity contribution is 6.84. The minimum absolute atomic E-state index is 0.194. The molecular formula is C19H32OSi2. The zero-order chi connectivity index (χ0) is 16.9. The van der Waals surface area contributed by atoms with Crippen LogP contribution in [0.4, 0.5) is 0 Å². The van der Waals surface area contributed by atoms with Crippen LogP contribution in [0.15, 0.2) is 0 Å². The summed E-state index contributed by atoms with van der Waals surface area (Å²) in [7, 11) is -2.54. The molecule has 0 bridgehead atoms. The van der Waals surface area contributed by atoms with E-state index in [4.69, 9.17) is 0 Å². The van der Waals surface area contributed by atoms with Crippen LogP contribution in [0.1, 0.15) is 44.9 Å². The molecule has 1 rings (SSSR count). The highest BCUT2D eigenvalue weighted by Crippen LogP contribution is 2.43. The molecule has 1 fully saturated rings. The monoisotopic (exact) mass is 332 g/mol. The summed E-state index contributed by atoms with van der Waals surface area (Å²) in [5.74, 6) is 7.20. The van der Waals surface area contributed by atoms with Crippen LogP contribution in [0.3, 0.4) is 0 Å². The van der Waals surface area contributed by atoms with Gasteiger partial charge >= 0.3 is 0 Å². The van der Waals surface area contributed by atoms with Crippen LogP contribution in [0, 0.1) is 28.3 Å². The quantitative estimate of drug-likeness (QED) is 0.520. The molecule has 0 saturated heterocycles. The Morgan fingerprint density at radius 2 is 1.36 bits per heavy atom. The minimum atomic E-state index is -1.27. The van der Waals surface area contributed by atoms with Gasteiger partial charge in [0.1, 0.15) is 21.9 Å². The Labute approximate surface area is 139 Å². The maximum Gasteiger partial charge on any atom is 0.133 e. The van der Waals surface area contributed by atoms with Gasteiger partial charge in [0, 0.05) is 25.7 Å². The van der Waals surface area contributed by atoms with E-state index >= 15 is 0 Å². The molecule has 1 nitrogen and oxygen atoms in total. The first-order chi connectivity index (χ1) is 10.0. The lowest BCUT2D eigenvalue weighted by atomic mass is 9.77. The Bertz CT molecular complexity index is 476. The van der Waals surface area contributed by atoms with Crippen LogP contribution >= 0.6 is 0 Å². The first-order valence-electron chi connectivity index (χ1n) is 8.53. The van der Waals surface area contributed by atoms with Crippen molar-refractivity contribution in [2.24, 2.45) is 5.41 Å². The van der Waals surface area contributed by atoms with E-state index in [9.17, 15) is 4.79 Å². The SMILES string of the molecule is C[Si](C)(C)C#CCCC1(CCC#C[Si](C)(C)C)CCC(=O)C1. The summed E-state index contributed by atoms with van der Waals surface area (Å²) in [4.78, 5) is 11.8. The minimum Gasteiger partial charge on any atom is -0.300 e. The number of hydrogen-bond acceptors (Lipinski definition) is 1. The maximum absolute atomic E-state index is 11.8. The van der Waals surface area contributed by atoms with Crippen LogP contribution in [0.5, 0.6) is 0 Å². The summed E-state index contributed by atoms with van der Waals surface area (Å²) < 4.78 is 0. The van der Waals surface area contributed by atoms with Crippen molar-refractivity contribution in [3.05, 3.63) is 0 Å². The fourth-order valence-electron chi connectivity index (χ4n) is 2.86. The molecule has 0 aromatic rings. The second-order valence-corrected chi connectivity index (χ2v) is 18.3. The molecule has 1 aliphatic rings. The van der Waals surface area contributed by atoms with E-state index in [1.54, 1.807) is 0 Å². The van der Waals surface area contributed by atoms with Crippen molar-refractivity contribution in [3.8, 4) is 22.9 Å². The molecular weight excluding hydrogens is 300 g/mol. The largest absolute Gasteiger partial charge is 0.300 e. The summed E-state index contributed by atoms with van der Waals surface area (Å²) in [5.41, 5.74) is 7.08. The first kappa shape index (κ1) is 19.3. The van der Waals surface area contributed by atoms with E-state index in [2.05, 4.69) is 62.2 Å². The molecule has 1 saturated carbocycles. The highest BCUT2D eigenvalue weighted by Gasteiger charge is 2.37. The summed E-state index contributed by atoms with van der Waals surface area (Å²) in [6.45, 7) is 13.7. The lowest BCUT2D eigenvalue weighted by molar-refractivity contribution is -0.118. The Morgan fingerprint density at radius 3 is 1.68 bits per heavy atom. The molecule has 3 heteroatoms. The highest BCUT2D eigenvalue weighted by atomic mass is 28.3. The van der Waals surface area contributed by atoms with Gasteiger partial charge in [-0.1, -0.05) is 39.3 Å². The molecule has 0 amide bonds. The molecule has 0 spiro atoms. The molecule has 122 valence electrons. The Kier molecular flexibility index (Phi) is 6.72. The van der Waals surface area contributed by atoms with E-state index in [-0.39, 0.29) is 5.41 Å². The van der Waals surface area contributed by atoms with Crippen LogP contribution in [-0.2, 0) is 4.79 Å². The van der Waals surface area contributed by atoms with Gasteiger partial charge in [0.05, 0.1) is 0 Å². The fraction of sp³-hybridized carbons (Fsp3) is 0.737. The van der Waals surface area contributed by atoms with Gasteiger partial charge in [0.15, 0.2) is 0 Å². The molecule has 0 radical (unpaired) electrons. The van der Waals surface area contributed by atoms with Gasteiger partial charge in [0.25, 0.3) is 0 Å². The lowest BCUT2D eigenvalue weighted by Gasteiger charge is -2.26. The molecule has 0 atom stereocenters. The Hall–Kier alpha value is -0.776. The molecule has 0 aromatic carbocycles. The summed E-state index contributed by atoms with van der Waals surface area (Å²) in [6.07, 6.45) is 6.61. The topological polar surface area (TPSA) is 17.1 Å². The number of carbonyl (C=O) groups is 1. The van der Waals surface area contributed by atoms with Crippen LogP contribution in [-0.4, -0.2) is 21.9 Å². The zero-order valence-corrected chi connectivity index (χ0v) is 17.4.